The summed E-state index contributed by atoms with van der Waals surface area (Å²) in [5.41, 5.74) is 0.979. The van der Waals surface area contributed by atoms with Crippen molar-refractivity contribution in [2.75, 3.05) is 27.7 Å². The van der Waals surface area contributed by atoms with Crippen molar-refractivity contribution < 1.29 is 13.2 Å². The van der Waals surface area contributed by atoms with E-state index in [2.05, 4.69) is 41.1 Å². The van der Waals surface area contributed by atoms with E-state index in [4.69, 9.17) is 4.74 Å². The Kier molecular flexibility index (Phi) is 10.7. The zero-order chi connectivity index (χ0) is 19.1. The minimum Gasteiger partial charge on any atom is -0.379 e. The molecule has 0 amide bonds. The maximum absolute atomic E-state index is 11.7. The van der Waals surface area contributed by atoms with Gasteiger partial charge in [-0.2, -0.15) is 0 Å². The predicted octanol–water partition coefficient (Wildman–Crippen LogP) is 1.94. The van der Waals surface area contributed by atoms with E-state index in [1.54, 1.807) is 38.4 Å². The van der Waals surface area contributed by atoms with Crippen LogP contribution in [-0.2, 0) is 21.3 Å². The van der Waals surface area contributed by atoms with Crippen molar-refractivity contribution in [1.29, 1.82) is 0 Å². The molecule has 0 heterocycles. The number of guanidine groups is 1. The van der Waals surface area contributed by atoms with E-state index in [-0.39, 0.29) is 40.4 Å². The molecule has 0 fully saturated rings. The summed E-state index contributed by atoms with van der Waals surface area (Å²) in [5, 5.41) is 6.46. The first-order valence-electron chi connectivity index (χ1n) is 8.14. The van der Waals surface area contributed by atoms with Gasteiger partial charge in [0.25, 0.3) is 0 Å². The van der Waals surface area contributed by atoms with Gasteiger partial charge >= 0.3 is 0 Å². The summed E-state index contributed by atoms with van der Waals surface area (Å²) in [6.45, 7) is 7.55. The van der Waals surface area contributed by atoms with Gasteiger partial charge in [0.2, 0.25) is 10.0 Å². The average Bonchev–Trinajstić information content (AvgIpc) is 2.57. The molecule has 0 aliphatic heterocycles. The molecule has 1 unspecified atom stereocenters. The number of hydrogen-bond acceptors (Lipinski definition) is 4. The number of halogens is 1. The Labute approximate surface area is 174 Å². The molecule has 26 heavy (non-hydrogen) atoms. The SMILES string of the molecule is CN=C(NCc1ccc(S(=O)(=O)NC)cc1)NCC(OC)C(C)(C)C.I. The monoisotopic (exact) mass is 498 g/mol. The summed E-state index contributed by atoms with van der Waals surface area (Å²) in [4.78, 5) is 4.44. The van der Waals surface area contributed by atoms with E-state index in [1.165, 1.54) is 7.05 Å². The minimum absolute atomic E-state index is 0. The fraction of sp³-hybridized carbons (Fsp3) is 0.588. The highest BCUT2D eigenvalue weighted by atomic mass is 127. The second-order valence-corrected chi connectivity index (χ2v) is 8.64. The Morgan fingerprint density at radius 3 is 2.19 bits per heavy atom. The molecule has 0 aliphatic rings. The van der Waals surface area contributed by atoms with Crippen molar-refractivity contribution in [2.45, 2.75) is 38.3 Å². The zero-order valence-corrected chi connectivity index (χ0v) is 19.4. The molecule has 1 aromatic carbocycles. The van der Waals surface area contributed by atoms with Crippen LogP contribution in [0.2, 0.25) is 0 Å². The summed E-state index contributed by atoms with van der Waals surface area (Å²) >= 11 is 0. The highest BCUT2D eigenvalue weighted by Crippen LogP contribution is 2.20. The van der Waals surface area contributed by atoms with Crippen LogP contribution in [0.5, 0.6) is 0 Å². The fourth-order valence-electron chi connectivity index (χ4n) is 2.24. The minimum atomic E-state index is -3.41. The number of benzene rings is 1. The summed E-state index contributed by atoms with van der Waals surface area (Å²) in [5.74, 6) is 0.665. The number of hydrogen-bond donors (Lipinski definition) is 3. The Balaban J connectivity index is 0.00000625. The Morgan fingerprint density at radius 2 is 1.77 bits per heavy atom. The smallest absolute Gasteiger partial charge is 0.240 e. The van der Waals surface area contributed by atoms with Gasteiger partial charge in [-0.05, 0) is 30.2 Å². The second-order valence-electron chi connectivity index (χ2n) is 6.75. The van der Waals surface area contributed by atoms with E-state index in [0.717, 1.165) is 5.56 Å². The normalized spacial score (nSPS) is 13.7. The number of ether oxygens (including phenoxy) is 1. The van der Waals surface area contributed by atoms with E-state index in [9.17, 15) is 8.42 Å². The molecule has 0 aliphatic carbocycles. The zero-order valence-electron chi connectivity index (χ0n) is 16.3. The molecule has 0 spiro atoms. The van der Waals surface area contributed by atoms with Gasteiger partial charge in [0.1, 0.15) is 0 Å². The molecule has 0 aromatic heterocycles. The van der Waals surface area contributed by atoms with Gasteiger partial charge in [0.05, 0.1) is 11.0 Å². The van der Waals surface area contributed by atoms with Crippen LogP contribution in [0, 0.1) is 5.41 Å². The first-order valence-corrected chi connectivity index (χ1v) is 9.62. The van der Waals surface area contributed by atoms with Crippen molar-refractivity contribution in [3.05, 3.63) is 29.8 Å². The molecule has 7 nitrogen and oxygen atoms in total. The molecule has 0 bridgehead atoms. The van der Waals surface area contributed by atoms with Crippen molar-refractivity contribution in [3.8, 4) is 0 Å². The highest BCUT2D eigenvalue weighted by Gasteiger charge is 2.24. The topological polar surface area (TPSA) is 91.8 Å². The first kappa shape index (κ1) is 25.1. The molecule has 0 saturated heterocycles. The van der Waals surface area contributed by atoms with E-state index in [1.807, 2.05) is 0 Å². The average molecular weight is 498 g/mol. The Morgan fingerprint density at radius 1 is 1.19 bits per heavy atom. The maximum Gasteiger partial charge on any atom is 0.240 e. The number of rotatable bonds is 7. The molecule has 0 saturated carbocycles. The predicted molar refractivity (Wildman–Crippen MR) is 117 cm³/mol. The van der Waals surface area contributed by atoms with Gasteiger partial charge in [-0.15, -0.1) is 24.0 Å². The second kappa shape index (κ2) is 11.1. The molecule has 9 heteroatoms. The lowest BCUT2D eigenvalue weighted by Gasteiger charge is -2.30. The van der Waals surface area contributed by atoms with Crippen LogP contribution in [0.3, 0.4) is 0 Å². The van der Waals surface area contributed by atoms with Crippen LogP contribution < -0.4 is 15.4 Å². The Hall–Kier alpha value is -0.910. The number of methoxy groups -OCH3 is 1. The van der Waals surface area contributed by atoms with Gasteiger partial charge in [-0.25, -0.2) is 13.1 Å². The summed E-state index contributed by atoms with van der Waals surface area (Å²) in [7, 11) is 1.40. The third-order valence-electron chi connectivity index (χ3n) is 3.89. The quantitative estimate of drug-likeness (QED) is 0.304. The van der Waals surface area contributed by atoms with E-state index >= 15 is 0 Å². The highest BCUT2D eigenvalue weighted by molar-refractivity contribution is 14.0. The molecule has 1 atom stereocenters. The van der Waals surface area contributed by atoms with Gasteiger partial charge in [0.15, 0.2) is 5.96 Å². The lowest BCUT2D eigenvalue weighted by molar-refractivity contribution is 0.0205. The first-order chi connectivity index (χ1) is 11.6. The summed E-state index contributed by atoms with van der Waals surface area (Å²) < 4.78 is 31.2. The molecule has 1 aromatic rings. The van der Waals surface area contributed by atoms with Crippen molar-refractivity contribution in [3.63, 3.8) is 0 Å². The number of nitrogens with one attached hydrogen (secondary N) is 3. The fourth-order valence-corrected chi connectivity index (χ4v) is 2.97. The summed E-state index contributed by atoms with van der Waals surface area (Å²) in [6, 6.07) is 6.72. The molecule has 150 valence electrons. The van der Waals surface area contributed by atoms with Crippen LogP contribution in [0.1, 0.15) is 26.3 Å². The third kappa shape index (κ3) is 7.77. The van der Waals surface area contributed by atoms with Gasteiger partial charge < -0.3 is 15.4 Å². The van der Waals surface area contributed by atoms with Gasteiger partial charge in [-0.3, -0.25) is 4.99 Å². The summed E-state index contributed by atoms with van der Waals surface area (Å²) in [6.07, 6.45) is 0.0529. The molecule has 1 rings (SSSR count). The lowest BCUT2D eigenvalue weighted by atomic mass is 9.89. The molecule has 3 N–H and O–H groups in total. The number of sulfonamides is 1. The van der Waals surface area contributed by atoms with Crippen LogP contribution >= 0.6 is 24.0 Å². The Bertz CT molecular complexity index is 670. The number of aliphatic imine (C=N–C) groups is 1. The third-order valence-corrected chi connectivity index (χ3v) is 5.32. The molecule has 0 radical (unpaired) electrons. The largest absolute Gasteiger partial charge is 0.379 e. The molecular weight excluding hydrogens is 467 g/mol. The van der Waals surface area contributed by atoms with Gasteiger partial charge in [0, 0.05) is 27.2 Å². The van der Waals surface area contributed by atoms with E-state index < -0.39 is 10.0 Å². The standard InChI is InChI=1S/C17H30N4O3S.HI/c1-17(2,3)15(24-6)12-21-16(18-4)20-11-13-7-9-14(10-8-13)25(22,23)19-5;/h7-10,15,19H,11-12H2,1-6H3,(H2,18,20,21);1H. The van der Waals surface area contributed by atoms with E-state index in [0.29, 0.717) is 19.0 Å². The molecular formula is C17H31IN4O3S. The van der Waals surface area contributed by atoms with Crippen molar-refractivity contribution in [2.24, 2.45) is 10.4 Å². The van der Waals surface area contributed by atoms with Crippen LogP contribution in [0.25, 0.3) is 0 Å². The van der Waals surface area contributed by atoms with Gasteiger partial charge in [-0.1, -0.05) is 32.9 Å². The lowest BCUT2D eigenvalue weighted by Crippen LogP contribution is -2.45. The van der Waals surface area contributed by atoms with Crippen LogP contribution in [-0.4, -0.2) is 48.2 Å². The van der Waals surface area contributed by atoms with Crippen LogP contribution in [0.4, 0.5) is 0 Å². The van der Waals surface area contributed by atoms with Crippen molar-refractivity contribution in [1.82, 2.24) is 15.4 Å². The maximum atomic E-state index is 11.7. The number of nitrogens with zero attached hydrogens (tertiary/aromatic N) is 1. The van der Waals surface area contributed by atoms with Crippen LogP contribution in [0.15, 0.2) is 34.2 Å². The van der Waals surface area contributed by atoms with Crippen molar-refractivity contribution >= 4 is 40.0 Å².